The van der Waals surface area contributed by atoms with Gasteiger partial charge in [-0.2, -0.15) is 26.3 Å². The summed E-state index contributed by atoms with van der Waals surface area (Å²) in [6.07, 6.45) is -8.05. The molecule has 0 amide bonds. The van der Waals surface area contributed by atoms with Crippen LogP contribution in [-0.2, 0) is 12.4 Å². The smallest absolute Gasteiger partial charge is 0.420 e. The monoisotopic (exact) mass is 312 g/mol. The summed E-state index contributed by atoms with van der Waals surface area (Å²) in [7, 11) is 0. The van der Waals surface area contributed by atoms with Gasteiger partial charge in [-0.05, 0) is 12.1 Å². The van der Waals surface area contributed by atoms with E-state index in [2.05, 4.69) is 11.2 Å². The summed E-state index contributed by atoms with van der Waals surface area (Å²) in [4.78, 5) is 3.45. The fourth-order valence-corrected chi connectivity index (χ4v) is 1.92. The van der Waals surface area contributed by atoms with Crippen molar-refractivity contribution in [2.24, 2.45) is 0 Å². The van der Waals surface area contributed by atoms with Crippen LogP contribution in [0.2, 0.25) is 0 Å². The summed E-state index contributed by atoms with van der Waals surface area (Å²) in [6.45, 7) is 0. The van der Waals surface area contributed by atoms with Crippen LogP contribution in [0.5, 0.6) is 10.9 Å². The van der Waals surface area contributed by atoms with Gasteiger partial charge in [0.05, 0.1) is 5.56 Å². The minimum Gasteiger partial charge on any atom is -0.430 e. The van der Waals surface area contributed by atoms with Crippen LogP contribution in [0, 0.1) is 6.20 Å². The van der Waals surface area contributed by atoms with Gasteiger partial charge in [-0.3, -0.25) is 0 Å². The standard InChI is InChI=1S/C11H4F6NOS/c12-10(13,14)6-2-1-3-7(8(6)11(15,16)17)19-9-18-4-5-20-9/h1-3,5H. The predicted octanol–water partition coefficient (Wildman–Crippen LogP) is 4.77. The number of hydrogen-bond acceptors (Lipinski definition) is 3. The first kappa shape index (κ1) is 14.6. The number of thiazole rings is 1. The van der Waals surface area contributed by atoms with Crippen molar-refractivity contribution in [2.75, 3.05) is 0 Å². The molecule has 0 fully saturated rings. The van der Waals surface area contributed by atoms with E-state index in [1.807, 2.05) is 0 Å². The fourth-order valence-electron chi connectivity index (χ4n) is 1.47. The average molecular weight is 312 g/mol. The Balaban J connectivity index is 2.57. The molecule has 2 rings (SSSR count). The number of ether oxygens (including phenoxy) is 1. The largest absolute Gasteiger partial charge is 0.430 e. The van der Waals surface area contributed by atoms with Gasteiger partial charge in [0.2, 0.25) is 0 Å². The number of benzene rings is 1. The molecule has 0 unspecified atom stereocenters. The third-order valence-electron chi connectivity index (χ3n) is 2.18. The lowest BCUT2D eigenvalue weighted by Crippen LogP contribution is -2.17. The highest BCUT2D eigenvalue weighted by molar-refractivity contribution is 7.11. The Kier molecular flexibility index (Phi) is 3.63. The Morgan fingerprint density at radius 2 is 1.75 bits per heavy atom. The number of hydrogen-bond donors (Lipinski definition) is 0. The zero-order valence-electron chi connectivity index (χ0n) is 9.34. The van der Waals surface area contributed by atoms with Crippen LogP contribution in [0.4, 0.5) is 26.3 Å². The molecule has 0 saturated heterocycles. The highest BCUT2D eigenvalue weighted by Gasteiger charge is 2.45. The van der Waals surface area contributed by atoms with E-state index in [4.69, 9.17) is 4.74 Å². The minimum absolute atomic E-state index is 0.227. The predicted molar refractivity (Wildman–Crippen MR) is 57.5 cm³/mol. The normalized spacial score (nSPS) is 12.5. The van der Waals surface area contributed by atoms with Crippen LogP contribution in [0.3, 0.4) is 0 Å². The molecule has 0 N–H and O–H groups in total. The van der Waals surface area contributed by atoms with Gasteiger partial charge in [0.25, 0.3) is 5.19 Å². The number of rotatable bonds is 2. The first-order chi connectivity index (χ1) is 9.19. The molecule has 0 aliphatic heterocycles. The molecule has 0 saturated carbocycles. The SMILES string of the molecule is FC(F)(F)c1cccc(Oc2n[c]cs2)c1C(F)(F)F. The lowest BCUT2D eigenvalue weighted by molar-refractivity contribution is -0.162. The average Bonchev–Trinajstić information content (AvgIpc) is 2.79. The third-order valence-corrected chi connectivity index (χ3v) is 2.78. The second-order valence-corrected chi connectivity index (χ2v) is 4.34. The molecule has 1 aromatic carbocycles. The molecule has 0 atom stereocenters. The van der Waals surface area contributed by atoms with Crippen LogP contribution in [0.15, 0.2) is 23.6 Å². The molecule has 1 heterocycles. The highest BCUT2D eigenvalue weighted by Crippen LogP contribution is 2.45. The van der Waals surface area contributed by atoms with Gasteiger partial charge < -0.3 is 4.74 Å². The molecule has 1 radical (unpaired) electrons. The van der Waals surface area contributed by atoms with E-state index >= 15 is 0 Å². The molecule has 107 valence electrons. The van der Waals surface area contributed by atoms with E-state index in [0.717, 1.165) is 23.5 Å². The van der Waals surface area contributed by atoms with Crippen molar-refractivity contribution in [1.29, 1.82) is 0 Å². The van der Waals surface area contributed by atoms with Crippen molar-refractivity contribution in [3.8, 4) is 10.9 Å². The fraction of sp³-hybridized carbons (Fsp3) is 0.182. The summed E-state index contributed by atoms with van der Waals surface area (Å²) in [6, 6.07) is 1.99. The maximum atomic E-state index is 12.9. The lowest BCUT2D eigenvalue weighted by Gasteiger charge is -2.18. The van der Waals surface area contributed by atoms with Crippen LogP contribution in [0.1, 0.15) is 11.1 Å². The molecule has 1 aromatic heterocycles. The molecule has 0 spiro atoms. The summed E-state index contributed by atoms with van der Waals surface area (Å²) in [5, 5.41) is 1.07. The summed E-state index contributed by atoms with van der Waals surface area (Å²) < 4.78 is 81.3. The molecule has 2 aromatic rings. The number of alkyl halides is 6. The van der Waals surface area contributed by atoms with Crippen LogP contribution < -0.4 is 4.74 Å². The molecular formula is C11H4F6NOS. The maximum absolute atomic E-state index is 12.9. The van der Waals surface area contributed by atoms with Crippen molar-refractivity contribution >= 4 is 11.3 Å². The van der Waals surface area contributed by atoms with E-state index in [1.165, 1.54) is 5.38 Å². The summed E-state index contributed by atoms with van der Waals surface area (Å²) in [5.41, 5.74) is -3.68. The molecule has 0 aliphatic rings. The molecule has 0 aliphatic carbocycles. The van der Waals surface area contributed by atoms with E-state index in [9.17, 15) is 26.3 Å². The van der Waals surface area contributed by atoms with Crippen molar-refractivity contribution < 1.29 is 31.1 Å². The quantitative estimate of drug-likeness (QED) is 0.745. The summed E-state index contributed by atoms with van der Waals surface area (Å²) in [5.74, 6) is -0.948. The molecule has 2 nitrogen and oxygen atoms in total. The topological polar surface area (TPSA) is 22.1 Å². The third kappa shape index (κ3) is 3.03. The van der Waals surface area contributed by atoms with Gasteiger partial charge >= 0.3 is 12.4 Å². The second-order valence-electron chi connectivity index (χ2n) is 3.52. The first-order valence-corrected chi connectivity index (χ1v) is 5.84. The maximum Gasteiger partial charge on any atom is 0.420 e. The van der Waals surface area contributed by atoms with Crippen LogP contribution in [-0.4, -0.2) is 4.98 Å². The number of halogens is 6. The van der Waals surface area contributed by atoms with E-state index in [0.29, 0.717) is 6.07 Å². The molecule has 20 heavy (non-hydrogen) atoms. The van der Waals surface area contributed by atoms with Gasteiger partial charge in [0.15, 0.2) is 0 Å². The van der Waals surface area contributed by atoms with Gasteiger partial charge in [-0.25, -0.2) is 4.98 Å². The minimum atomic E-state index is -5.21. The Labute approximate surface area is 112 Å². The Morgan fingerprint density at radius 3 is 2.25 bits per heavy atom. The van der Waals surface area contributed by atoms with Gasteiger partial charge in [0, 0.05) is 5.38 Å². The van der Waals surface area contributed by atoms with Crippen molar-refractivity contribution in [3.05, 3.63) is 40.9 Å². The Morgan fingerprint density at radius 1 is 1.05 bits per heavy atom. The first-order valence-electron chi connectivity index (χ1n) is 4.96. The van der Waals surface area contributed by atoms with Crippen LogP contribution in [0.25, 0.3) is 0 Å². The van der Waals surface area contributed by atoms with Gasteiger partial charge in [-0.1, -0.05) is 17.4 Å². The lowest BCUT2D eigenvalue weighted by atomic mass is 10.1. The Hall–Kier alpha value is -1.77. The van der Waals surface area contributed by atoms with Crippen molar-refractivity contribution in [1.82, 2.24) is 4.98 Å². The zero-order chi connectivity index (χ0) is 15.0. The van der Waals surface area contributed by atoms with Crippen LogP contribution >= 0.6 is 11.3 Å². The molecule has 9 heteroatoms. The number of aromatic nitrogens is 1. The highest BCUT2D eigenvalue weighted by atomic mass is 32.1. The second kappa shape index (κ2) is 4.97. The van der Waals surface area contributed by atoms with E-state index < -0.39 is 29.2 Å². The molecule has 0 bridgehead atoms. The number of nitrogens with zero attached hydrogens (tertiary/aromatic N) is 1. The summed E-state index contributed by atoms with van der Waals surface area (Å²) >= 11 is 0.813. The van der Waals surface area contributed by atoms with Gasteiger partial charge in [0.1, 0.15) is 17.5 Å². The van der Waals surface area contributed by atoms with Gasteiger partial charge in [-0.15, -0.1) is 0 Å². The van der Waals surface area contributed by atoms with Crippen molar-refractivity contribution in [3.63, 3.8) is 0 Å². The molecular weight excluding hydrogens is 308 g/mol. The van der Waals surface area contributed by atoms with Crippen molar-refractivity contribution in [2.45, 2.75) is 12.4 Å². The van der Waals surface area contributed by atoms with E-state index in [1.54, 1.807) is 0 Å². The zero-order valence-corrected chi connectivity index (χ0v) is 10.2. The van der Waals surface area contributed by atoms with E-state index in [-0.39, 0.29) is 5.19 Å². The Bertz CT molecular complexity index is 590.